The van der Waals surface area contributed by atoms with Crippen molar-refractivity contribution in [3.63, 3.8) is 0 Å². The minimum absolute atomic E-state index is 0.0393. The quantitative estimate of drug-likeness (QED) is 0.749. The summed E-state index contributed by atoms with van der Waals surface area (Å²) in [7, 11) is 0. The van der Waals surface area contributed by atoms with Gasteiger partial charge in [0.25, 0.3) is 0 Å². The van der Waals surface area contributed by atoms with Crippen LogP contribution in [0.2, 0.25) is 0 Å². The monoisotopic (exact) mass is 202 g/mol. The SMILES string of the molecule is O=C(O)C1CCC=C[C@@H]1c1ccccc1. The van der Waals surface area contributed by atoms with E-state index in [4.69, 9.17) is 5.11 Å². The van der Waals surface area contributed by atoms with Gasteiger partial charge in [0.15, 0.2) is 0 Å². The second-order valence-corrected chi connectivity index (χ2v) is 3.89. The van der Waals surface area contributed by atoms with Crippen LogP contribution < -0.4 is 0 Å². The largest absolute Gasteiger partial charge is 0.481 e. The Bertz CT molecular complexity index is 367. The van der Waals surface area contributed by atoms with Crippen molar-refractivity contribution in [3.8, 4) is 0 Å². The zero-order valence-corrected chi connectivity index (χ0v) is 8.47. The van der Waals surface area contributed by atoms with Gasteiger partial charge in [0.1, 0.15) is 0 Å². The van der Waals surface area contributed by atoms with Gasteiger partial charge in [-0.25, -0.2) is 0 Å². The van der Waals surface area contributed by atoms with Gasteiger partial charge < -0.3 is 5.11 Å². The maximum absolute atomic E-state index is 11.1. The number of rotatable bonds is 2. The van der Waals surface area contributed by atoms with Crippen LogP contribution in [0.15, 0.2) is 42.5 Å². The lowest BCUT2D eigenvalue weighted by Gasteiger charge is -2.24. The second-order valence-electron chi connectivity index (χ2n) is 3.89. The maximum atomic E-state index is 11.1. The van der Waals surface area contributed by atoms with Crippen molar-refractivity contribution in [2.75, 3.05) is 0 Å². The molecule has 1 unspecified atom stereocenters. The van der Waals surface area contributed by atoms with E-state index in [0.29, 0.717) is 0 Å². The molecule has 78 valence electrons. The van der Waals surface area contributed by atoms with E-state index in [2.05, 4.69) is 6.08 Å². The van der Waals surface area contributed by atoms with Crippen molar-refractivity contribution in [2.24, 2.45) is 5.92 Å². The number of carboxylic acid groups (broad SMARTS) is 1. The molecule has 1 aliphatic rings. The van der Waals surface area contributed by atoms with Crippen LogP contribution in [0, 0.1) is 5.92 Å². The van der Waals surface area contributed by atoms with E-state index in [9.17, 15) is 4.79 Å². The summed E-state index contributed by atoms with van der Waals surface area (Å²) < 4.78 is 0. The van der Waals surface area contributed by atoms with E-state index in [0.717, 1.165) is 18.4 Å². The van der Waals surface area contributed by atoms with Crippen LogP contribution in [-0.2, 0) is 4.79 Å². The standard InChI is InChI=1S/C13H14O2/c14-13(15)12-9-5-4-8-11(12)10-6-2-1-3-7-10/h1-4,6-8,11-12H,5,9H2,(H,14,15)/t11-,12?/m1/s1. The summed E-state index contributed by atoms with van der Waals surface area (Å²) in [5, 5.41) is 9.14. The molecule has 2 atom stereocenters. The van der Waals surface area contributed by atoms with Crippen LogP contribution in [0.5, 0.6) is 0 Å². The number of carboxylic acids is 1. The fourth-order valence-corrected chi connectivity index (χ4v) is 2.13. The fourth-order valence-electron chi connectivity index (χ4n) is 2.13. The Morgan fingerprint density at radius 1 is 1.27 bits per heavy atom. The molecule has 0 aromatic heterocycles. The van der Waals surface area contributed by atoms with Crippen molar-refractivity contribution >= 4 is 5.97 Å². The molecule has 0 radical (unpaired) electrons. The molecule has 0 aliphatic heterocycles. The van der Waals surface area contributed by atoms with Crippen LogP contribution in [0.4, 0.5) is 0 Å². The highest BCUT2D eigenvalue weighted by molar-refractivity contribution is 5.72. The van der Waals surface area contributed by atoms with Crippen LogP contribution in [0.1, 0.15) is 24.3 Å². The van der Waals surface area contributed by atoms with Crippen LogP contribution >= 0.6 is 0 Å². The third kappa shape index (κ3) is 2.09. The molecule has 1 aromatic carbocycles. The van der Waals surface area contributed by atoms with Crippen LogP contribution in [-0.4, -0.2) is 11.1 Å². The van der Waals surface area contributed by atoms with Gasteiger partial charge in [0.2, 0.25) is 0 Å². The van der Waals surface area contributed by atoms with Crippen LogP contribution in [0.3, 0.4) is 0 Å². The molecule has 0 saturated heterocycles. The Kier molecular flexibility index (Phi) is 2.86. The first-order valence-electron chi connectivity index (χ1n) is 5.23. The normalized spacial score (nSPS) is 25.1. The van der Waals surface area contributed by atoms with E-state index in [1.54, 1.807) is 0 Å². The van der Waals surface area contributed by atoms with Gasteiger partial charge in [0.05, 0.1) is 5.92 Å². The fraction of sp³-hybridized carbons (Fsp3) is 0.308. The lowest BCUT2D eigenvalue weighted by Crippen LogP contribution is -2.22. The molecule has 0 fully saturated rings. The van der Waals surface area contributed by atoms with Gasteiger partial charge in [-0.2, -0.15) is 0 Å². The molecule has 2 heteroatoms. The van der Waals surface area contributed by atoms with Crippen molar-refractivity contribution in [2.45, 2.75) is 18.8 Å². The lowest BCUT2D eigenvalue weighted by molar-refractivity contribution is -0.142. The summed E-state index contributed by atoms with van der Waals surface area (Å²) in [4.78, 5) is 11.1. The first-order chi connectivity index (χ1) is 7.29. The molecule has 1 N–H and O–H groups in total. The third-order valence-corrected chi connectivity index (χ3v) is 2.92. The molecule has 15 heavy (non-hydrogen) atoms. The predicted octanol–water partition coefficient (Wildman–Crippen LogP) is 2.82. The molecule has 1 aliphatic carbocycles. The summed E-state index contributed by atoms with van der Waals surface area (Å²) in [6.45, 7) is 0. The molecule has 2 nitrogen and oxygen atoms in total. The number of aliphatic carboxylic acids is 1. The highest BCUT2D eigenvalue weighted by Crippen LogP contribution is 2.33. The minimum Gasteiger partial charge on any atom is -0.481 e. The summed E-state index contributed by atoms with van der Waals surface area (Å²) in [6, 6.07) is 9.85. The van der Waals surface area contributed by atoms with Crippen molar-refractivity contribution in [3.05, 3.63) is 48.0 Å². The Labute approximate surface area is 89.2 Å². The molecule has 0 amide bonds. The average molecular weight is 202 g/mol. The van der Waals surface area contributed by atoms with Gasteiger partial charge in [-0.1, -0.05) is 42.5 Å². The first-order valence-corrected chi connectivity index (χ1v) is 5.23. The second kappa shape index (κ2) is 4.30. The average Bonchev–Trinajstić information content (AvgIpc) is 2.30. The van der Waals surface area contributed by atoms with Gasteiger partial charge in [-0.15, -0.1) is 0 Å². The Morgan fingerprint density at radius 3 is 2.67 bits per heavy atom. The van der Waals surface area contributed by atoms with Crippen molar-refractivity contribution < 1.29 is 9.90 Å². The van der Waals surface area contributed by atoms with E-state index >= 15 is 0 Å². The van der Waals surface area contributed by atoms with Gasteiger partial charge in [0, 0.05) is 5.92 Å². The van der Waals surface area contributed by atoms with E-state index in [1.807, 2.05) is 36.4 Å². The Hall–Kier alpha value is -1.57. The highest BCUT2D eigenvalue weighted by Gasteiger charge is 2.28. The number of hydrogen-bond donors (Lipinski definition) is 1. The number of benzene rings is 1. The van der Waals surface area contributed by atoms with Crippen molar-refractivity contribution in [1.82, 2.24) is 0 Å². The highest BCUT2D eigenvalue weighted by atomic mass is 16.4. The topological polar surface area (TPSA) is 37.3 Å². The summed E-state index contributed by atoms with van der Waals surface area (Å²) >= 11 is 0. The molecule has 0 heterocycles. The van der Waals surface area contributed by atoms with E-state index in [1.165, 1.54) is 0 Å². The molecule has 2 rings (SSSR count). The summed E-state index contributed by atoms with van der Waals surface area (Å²) in [5.74, 6) is -0.914. The smallest absolute Gasteiger partial charge is 0.307 e. The predicted molar refractivity (Wildman–Crippen MR) is 58.7 cm³/mol. The molecule has 0 saturated carbocycles. The van der Waals surface area contributed by atoms with Crippen LogP contribution in [0.25, 0.3) is 0 Å². The zero-order valence-electron chi connectivity index (χ0n) is 8.47. The zero-order chi connectivity index (χ0) is 10.7. The molecule has 0 spiro atoms. The van der Waals surface area contributed by atoms with Crippen molar-refractivity contribution in [1.29, 1.82) is 0 Å². The minimum atomic E-state index is -0.687. The van der Waals surface area contributed by atoms with Gasteiger partial charge >= 0.3 is 5.97 Å². The Balaban J connectivity index is 2.29. The number of carbonyl (C=O) groups is 1. The van der Waals surface area contributed by atoms with Gasteiger partial charge in [-0.3, -0.25) is 4.79 Å². The Morgan fingerprint density at radius 2 is 2.00 bits per heavy atom. The summed E-state index contributed by atoms with van der Waals surface area (Å²) in [6.07, 6.45) is 5.72. The molecular formula is C13H14O2. The van der Waals surface area contributed by atoms with Gasteiger partial charge in [-0.05, 0) is 18.4 Å². The third-order valence-electron chi connectivity index (χ3n) is 2.92. The number of allylic oxidation sites excluding steroid dienone is 2. The summed E-state index contributed by atoms with van der Waals surface area (Å²) in [5.41, 5.74) is 1.10. The lowest BCUT2D eigenvalue weighted by atomic mass is 9.80. The first kappa shape index (κ1) is 9.97. The molecular weight excluding hydrogens is 188 g/mol. The van der Waals surface area contributed by atoms with E-state index < -0.39 is 5.97 Å². The molecule has 0 bridgehead atoms. The number of hydrogen-bond acceptors (Lipinski definition) is 1. The molecule has 1 aromatic rings. The maximum Gasteiger partial charge on any atom is 0.307 e. The van der Waals surface area contributed by atoms with E-state index in [-0.39, 0.29) is 11.8 Å².